The first-order valence-electron chi connectivity index (χ1n) is 7.76. The fourth-order valence-electron chi connectivity index (χ4n) is 2.76. The van der Waals surface area contributed by atoms with Crippen molar-refractivity contribution in [1.29, 1.82) is 0 Å². The molecule has 1 aromatic carbocycles. The van der Waals surface area contributed by atoms with Crippen molar-refractivity contribution in [3.8, 4) is 0 Å². The molecule has 1 aromatic rings. The van der Waals surface area contributed by atoms with E-state index < -0.39 is 0 Å². The Hall–Kier alpha value is -2.04. The minimum atomic E-state index is -0.208. The van der Waals surface area contributed by atoms with Gasteiger partial charge < -0.3 is 10.2 Å². The topological polar surface area (TPSA) is 52.7 Å². The SMILES string of the molecule is CCN(C(=O)NC1CC(=O)N(C(C)(C)C)C1)c1ccccc1. The monoisotopic (exact) mass is 303 g/mol. The van der Waals surface area contributed by atoms with Crippen LogP contribution >= 0.6 is 0 Å². The lowest BCUT2D eigenvalue weighted by Gasteiger charge is -2.32. The molecular weight excluding hydrogens is 278 g/mol. The van der Waals surface area contributed by atoms with Gasteiger partial charge >= 0.3 is 6.03 Å². The van der Waals surface area contributed by atoms with Crippen LogP contribution < -0.4 is 10.2 Å². The minimum absolute atomic E-state index is 0.0977. The number of hydrogen-bond donors (Lipinski definition) is 1. The molecule has 0 saturated carbocycles. The lowest BCUT2D eigenvalue weighted by molar-refractivity contribution is -0.131. The molecule has 0 radical (unpaired) electrons. The number of urea groups is 1. The summed E-state index contributed by atoms with van der Waals surface area (Å²) in [5.74, 6) is 0.0977. The molecule has 0 aromatic heterocycles. The Balaban J connectivity index is 2.02. The summed E-state index contributed by atoms with van der Waals surface area (Å²) in [5, 5.41) is 2.99. The molecule has 120 valence electrons. The maximum absolute atomic E-state index is 12.5. The molecule has 1 aliphatic rings. The Kier molecular flexibility index (Phi) is 4.74. The Morgan fingerprint density at radius 2 is 1.95 bits per heavy atom. The molecular formula is C17H25N3O2. The van der Waals surface area contributed by atoms with Crippen LogP contribution in [0.2, 0.25) is 0 Å². The van der Waals surface area contributed by atoms with Crippen molar-refractivity contribution in [2.24, 2.45) is 0 Å². The largest absolute Gasteiger partial charge is 0.336 e. The third-order valence-corrected chi connectivity index (χ3v) is 3.89. The van der Waals surface area contributed by atoms with E-state index in [0.29, 0.717) is 19.5 Å². The number of rotatable bonds is 3. The predicted octanol–water partition coefficient (Wildman–Crippen LogP) is 2.62. The third kappa shape index (κ3) is 3.59. The molecule has 0 spiro atoms. The fraction of sp³-hybridized carbons (Fsp3) is 0.529. The summed E-state index contributed by atoms with van der Waals surface area (Å²) in [6.07, 6.45) is 0.370. The van der Waals surface area contributed by atoms with Gasteiger partial charge in [-0.1, -0.05) is 18.2 Å². The van der Waals surface area contributed by atoms with Gasteiger partial charge in [0.05, 0.1) is 6.04 Å². The first-order chi connectivity index (χ1) is 10.3. The predicted molar refractivity (Wildman–Crippen MR) is 87.9 cm³/mol. The highest BCUT2D eigenvalue weighted by Gasteiger charge is 2.37. The Morgan fingerprint density at radius 1 is 1.32 bits per heavy atom. The smallest absolute Gasteiger partial charge is 0.322 e. The minimum Gasteiger partial charge on any atom is -0.336 e. The lowest BCUT2D eigenvalue weighted by Crippen LogP contribution is -2.48. The van der Waals surface area contributed by atoms with Crippen LogP contribution in [-0.2, 0) is 4.79 Å². The molecule has 1 saturated heterocycles. The Morgan fingerprint density at radius 3 is 2.45 bits per heavy atom. The normalized spacial score (nSPS) is 18.5. The molecule has 0 bridgehead atoms. The van der Waals surface area contributed by atoms with Gasteiger partial charge in [0.25, 0.3) is 0 Å². The molecule has 1 heterocycles. The number of anilines is 1. The van der Waals surface area contributed by atoms with Crippen molar-refractivity contribution in [1.82, 2.24) is 10.2 Å². The first-order valence-corrected chi connectivity index (χ1v) is 7.76. The van der Waals surface area contributed by atoms with Crippen molar-refractivity contribution in [3.05, 3.63) is 30.3 Å². The average molecular weight is 303 g/mol. The van der Waals surface area contributed by atoms with Crippen LogP contribution in [0.1, 0.15) is 34.1 Å². The number of carbonyl (C=O) groups is 2. The van der Waals surface area contributed by atoms with Crippen LogP contribution in [0.3, 0.4) is 0 Å². The number of amides is 3. The standard InChI is InChI=1S/C17H25N3O2/c1-5-19(14-9-7-6-8-10-14)16(22)18-13-11-15(21)20(12-13)17(2,3)4/h6-10,13H,5,11-12H2,1-4H3,(H,18,22). The van der Waals surface area contributed by atoms with Gasteiger partial charge in [0.1, 0.15) is 0 Å². The third-order valence-electron chi connectivity index (χ3n) is 3.89. The van der Waals surface area contributed by atoms with E-state index in [0.717, 1.165) is 5.69 Å². The maximum atomic E-state index is 12.5. The van der Waals surface area contributed by atoms with Crippen LogP contribution in [0, 0.1) is 0 Å². The van der Waals surface area contributed by atoms with E-state index >= 15 is 0 Å². The average Bonchev–Trinajstić information content (AvgIpc) is 2.81. The van der Waals surface area contributed by atoms with Crippen molar-refractivity contribution >= 4 is 17.6 Å². The second-order valence-corrected chi connectivity index (χ2v) is 6.61. The van der Waals surface area contributed by atoms with Crippen molar-refractivity contribution in [3.63, 3.8) is 0 Å². The van der Waals surface area contributed by atoms with Crippen molar-refractivity contribution in [2.75, 3.05) is 18.0 Å². The van der Waals surface area contributed by atoms with Crippen LogP contribution in [0.4, 0.5) is 10.5 Å². The van der Waals surface area contributed by atoms with Crippen molar-refractivity contribution in [2.45, 2.75) is 45.7 Å². The van der Waals surface area contributed by atoms with E-state index in [4.69, 9.17) is 0 Å². The summed E-state index contributed by atoms with van der Waals surface area (Å²) < 4.78 is 0. The van der Waals surface area contributed by atoms with Gasteiger partial charge in [-0.05, 0) is 39.8 Å². The van der Waals surface area contributed by atoms with Gasteiger partial charge in [0, 0.05) is 30.7 Å². The van der Waals surface area contributed by atoms with Gasteiger partial charge in [-0.25, -0.2) is 4.79 Å². The first kappa shape index (κ1) is 16.3. The van der Waals surface area contributed by atoms with Crippen LogP contribution in [0.25, 0.3) is 0 Å². The molecule has 1 unspecified atom stereocenters. The van der Waals surface area contributed by atoms with Gasteiger partial charge in [-0.3, -0.25) is 9.69 Å². The number of nitrogens with one attached hydrogen (secondary N) is 1. The summed E-state index contributed by atoms with van der Waals surface area (Å²) in [6.45, 7) is 9.13. The van der Waals surface area contributed by atoms with Crippen LogP contribution in [-0.4, -0.2) is 41.5 Å². The van der Waals surface area contributed by atoms with Gasteiger partial charge in [0.2, 0.25) is 5.91 Å². The van der Waals surface area contributed by atoms with E-state index in [1.54, 1.807) is 4.90 Å². The van der Waals surface area contributed by atoms with E-state index in [1.165, 1.54) is 0 Å². The van der Waals surface area contributed by atoms with Crippen molar-refractivity contribution < 1.29 is 9.59 Å². The van der Waals surface area contributed by atoms with E-state index in [-0.39, 0.29) is 23.5 Å². The summed E-state index contributed by atoms with van der Waals surface area (Å²) in [6, 6.07) is 9.28. The molecule has 1 N–H and O–H groups in total. The van der Waals surface area contributed by atoms with Crippen LogP contribution in [0.5, 0.6) is 0 Å². The Labute approximate surface area is 132 Å². The summed E-state index contributed by atoms with van der Waals surface area (Å²) >= 11 is 0. The number of benzene rings is 1. The number of hydrogen-bond acceptors (Lipinski definition) is 2. The van der Waals surface area contributed by atoms with E-state index in [1.807, 2.05) is 62.9 Å². The molecule has 22 heavy (non-hydrogen) atoms. The summed E-state index contributed by atoms with van der Waals surface area (Å²) in [5.41, 5.74) is 0.653. The summed E-state index contributed by atoms with van der Waals surface area (Å²) in [7, 11) is 0. The number of carbonyl (C=O) groups excluding carboxylic acids is 2. The number of likely N-dealkylation sites (tertiary alicyclic amines) is 1. The Bertz CT molecular complexity index is 537. The highest BCUT2D eigenvalue weighted by atomic mass is 16.2. The molecule has 1 atom stereocenters. The van der Waals surface area contributed by atoms with E-state index in [2.05, 4.69) is 5.32 Å². The number of nitrogens with zero attached hydrogens (tertiary/aromatic N) is 2. The fourth-order valence-corrected chi connectivity index (χ4v) is 2.76. The highest BCUT2D eigenvalue weighted by molar-refractivity contribution is 5.92. The van der Waals surface area contributed by atoms with Crippen LogP contribution in [0.15, 0.2) is 30.3 Å². The van der Waals surface area contributed by atoms with Gasteiger partial charge in [-0.15, -0.1) is 0 Å². The molecule has 3 amide bonds. The van der Waals surface area contributed by atoms with Gasteiger partial charge in [-0.2, -0.15) is 0 Å². The molecule has 0 aliphatic carbocycles. The zero-order valence-electron chi connectivity index (χ0n) is 13.8. The molecule has 2 rings (SSSR count). The second-order valence-electron chi connectivity index (χ2n) is 6.61. The summed E-state index contributed by atoms with van der Waals surface area (Å²) in [4.78, 5) is 28.1. The van der Waals surface area contributed by atoms with E-state index in [9.17, 15) is 9.59 Å². The molecule has 5 heteroatoms. The lowest BCUT2D eigenvalue weighted by atomic mass is 10.1. The van der Waals surface area contributed by atoms with Gasteiger partial charge in [0.15, 0.2) is 0 Å². The number of para-hydroxylation sites is 1. The molecule has 1 aliphatic heterocycles. The zero-order valence-corrected chi connectivity index (χ0v) is 13.8. The quantitative estimate of drug-likeness (QED) is 0.933. The highest BCUT2D eigenvalue weighted by Crippen LogP contribution is 2.22. The second kappa shape index (κ2) is 6.38. The molecule has 5 nitrogen and oxygen atoms in total. The maximum Gasteiger partial charge on any atom is 0.322 e. The zero-order chi connectivity index (χ0) is 16.3. The molecule has 1 fully saturated rings.